The summed E-state index contributed by atoms with van der Waals surface area (Å²) in [5.41, 5.74) is 3.47. The first-order chi connectivity index (χ1) is 15.2. The highest BCUT2D eigenvalue weighted by Crippen LogP contribution is 2.27. The Kier molecular flexibility index (Phi) is 5.43. The maximum atomic E-state index is 13.1. The number of carbonyl (C=O) groups excluding carboxylic acids is 1. The Morgan fingerprint density at radius 1 is 0.903 bits per heavy atom. The van der Waals surface area contributed by atoms with Crippen LogP contribution >= 0.6 is 0 Å². The first-order valence-corrected chi connectivity index (χ1v) is 10.8. The van der Waals surface area contributed by atoms with Crippen molar-refractivity contribution in [2.24, 2.45) is 0 Å². The van der Waals surface area contributed by atoms with Gasteiger partial charge in [-0.3, -0.25) is 9.69 Å². The molecule has 0 saturated carbocycles. The van der Waals surface area contributed by atoms with Gasteiger partial charge in [0.25, 0.3) is 5.91 Å². The van der Waals surface area contributed by atoms with Gasteiger partial charge in [-0.25, -0.2) is 4.39 Å². The first kappa shape index (κ1) is 19.8. The van der Waals surface area contributed by atoms with Gasteiger partial charge < -0.3 is 9.64 Å². The highest BCUT2D eigenvalue weighted by Gasteiger charge is 2.32. The minimum atomic E-state index is -0.308. The van der Waals surface area contributed by atoms with Crippen molar-refractivity contribution in [3.05, 3.63) is 95.3 Å². The molecule has 3 aromatic carbocycles. The maximum absolute atomic E-state index is 13.1. The second kappa shape index (κ2) is 8.52. The predicted octanol–water partition coefficient (Wildman–Crippen LogP) is 4.89. The summed E-state index contributed by atoms with van der Waals surface area (Å²) in [5, 5.41) is 0. The molecule has 158 valence electrons. The lowest BCUT2D eigenvalue weighted by atomic mass is 9.98. The minimum absolute atomic E-state index is 0.0319. The summed E-state index contributed by atoms with van der Waals surface area (Å²) in [6.07, 6.45) is 2.07. The van der Waals surface area contributed by atoms with Gasteiger partial charge in [-0.05, 0) is 66.4 Å². The van der Waals surface area contributed by atoms with Gasteiger partial charge in [0.2, 0.25) is 0 Å². The molecule has 0 aliphatic carbocycles. The molecule has 3 aromatic rings. The normalized spacial score (nSPS) is 18.6. The number of ether oxygens (including phenoxy) is 1. The molecule has 5 rings (SSSR count). The number of amides is 1. The summed E-state index contributed by atoms with van der Waals surface area (Å²) in [7, 11) is 0. The summed E-state index contributed by atoms with van der Waals surface area (Å²) < 4.78 is 18.9. The maximum Gasteiger partial charge on any atom is 0.254 e. The third-order valence-electron chi connectivity index (χ3n) is 6.26. The smallest absolute Gasteiger partial charge is 0.254 e. The Bertz CT molecular complexity index is 1080. The zero-order chi connectivity index (χ0) is 21.2. The number of halogens is 1. The van der Waals surface area contributed by atoms with Crippen LogP contribution in [0.1, 0.15) is 27.9 Å². The molecule has 0 aromatic heterocycles. The van der Waals surface area contributed by atoms with Gasteiger partial charge >= 0.3 is 0 Å². The van der Waals surface area contributed by atoms with Gasteiger partial charge in [0.1, 0.15) is 17.3 Å². The van der Waals surface area contributed by atoms with Gasteiger partial charge in [0, 0.05) is 37.8 Å². The standard InChI is InChI=1S/C26H25FN2O2/c27-22-8-10-24(11-9-22)31-25-7-3-6-20(16-25)26(30)29-15-13-23(18-29)28-14-12-19-4-1-2-5-21(19)17-28/h1-11,16,23H,12-15,17-18H2. The summed E-state index contributed by atoms with van der Waals surface area (Å²) in [5.74, 6) is 0.833. The molecule has 31 heavy (non-hydrogen) atoms. The minimum Gasteiger partial charge on any atom is -0.457 e. The van der Waals surface area contributed by atoms with Crippen LogP contribution in [0.3, 0.4) is 0 Å². The average molecular weight is 416 g/mol. The lowest BCUT2D eigenvalue weighted by Gasteiger charge is -2.33. The molecule has 1 unspecified atom stereocenters. The SMILES string of the molecule is O=C(c1cccc(Oc2ccc(F)cc2)c1)N1CCC(N2CCc3ccccc3C2)C1. The number of carbonyl (C=O) groups is 1. The van der Waals surface area contributed by atoms with Crippen LogP contribution in [0.25, 0.3) is 0 Å². The van der Waals surface area contributed by atoms with E-state index in [-0.39, 0.29) is 11.7 Å². The summed E-state index contributed by atoms with van der Waals surface area (Å²) in [6, 6.07) is 22.1. The largest absolute Gasteiger partial charge is 0.457 e. The molecule has 1 amide bonds. The molecule has 0 spiro atoms. The van der Waals surface area contributed by atoms with E-state index in [0.717, 1.165) is 39.0 Å². The molecule has 2 aliphatic heterocycles. The van der Waals surface area contributed by atoms with E-state index in [1.807, 2.05) is 17.0 Å². The zero-order valence-corrected chi connectivity index (χ0v) is 17.3. The molecule has 4 nitrogen and oxygen atoms in total. The van der Waals surface area contributed by atoms with Crippen LogP contribution in [0.2, 0.25) is 0 Å². The van der Waals surface area contributed by atoms with Crippen molar-refractivity contribution in [2.45, 2.75) is 25.4 Å². The Morgan fingerprint density at radius 2 is 1.71 bits per heavy atom. The van der Waals surface area contributed by atoms with Crippen molar-refractivity contribution in [1.82, 2.24) is 9.80 Å². The highest BCUT2D eigenvalue weighted by molar-refractivity contribution is 5.94. The number of hydrogen-bond donors (Lipinski definition) is 0. The van der Waals surface area contributed by atoms with E-state index in [9.17, 15) is 9.18 Å². The molecular weight excluding hydrogens is 391 g/mol. The van der Waals surface area contributed by atoms with Crippen molar-refractivity contribution >= 4 is 5.91 Å². The van der Waals surface area contributed by atoms with Gasteiger partial charge in [0.15, 0.2) is 0 Å². The Hall–Kier alpha value is -3.18. The summed E-state index contributed by atoms with van der Waals surface area (Å²) in [4.78, 5) is 17.6. The van der Waals surface area contributed by atoms with E-state index in [4.69, 9.17) is 4.74 Å². The van der Waals surface area contributed by atoms with Crippen molar-refractivity contribution in [3.8, 4) is 11.5 Å². The van der Waals surface area contributed by atoms with E-state index in [1.54, 1.807) is 24.3 Å². The molecule has 2 aliphatic rings. The molecular formula is C26H25FN2O2. The number of fused-ring (bicyclic) bond motifs is 1. The van der Waals surface area contributed by atoms with Crippen LogP contribution < -0.4 is 4.74 Å². The number of hydrogen-bond acceptors (Lipinski definition) is 3. The highest BCUT2D eigenvalue weighted by atomic mass is 19.1. The number of nitrogens with zero attached hydrogens (tertiary/aromatic N) is 2. The third kappa shape index (κ3) is 4.32. The van der Waals surface area contributed by atoms with E-state index in [1.165, 1.54) is 23.3 Å². The molecule has 0 N–H and O–H groups in total. The Balaban J connectivity index is 1.23. The lowest BCUT2D eigenvalue weighted by Crippen LogP contribution is -2.41. The molecule has 1 saturated heterocycles. The quantitative estimate of drug-likeness (QED) is 0.607. The summed E-state index contributed by atoms with van der Waals surface area (Å²) >= 11 is 0. The molecule has 5 heteroatoms. The average Bonchev–Trinajstić information content (AvgIpc) is 3.30. The van der Waals surface area contributed by atoms with Crippen LogP contribution in [-0.4, -0.2) is 41.4 Å². The molecule has 1 fully saturated rings. The van der Waals surface area contributed by atoms with Crippen molar-refractivity contribution < 1.29 is 13.9 Å². The topological polar surface area (TPSA) is 32.8 Å². The molecule has 0 radical (unpaired) electrons. The van der Waals surface area contributed by atoms with Crippen LogP contribution in [0.15, 0.2) is 72.8 Å². The van der Waals surface area contributed by atoms with Crippen LogP contribution in [0, 0.1) is 5.82 Å². The first-order valence-electron chi connectivity index (χ1n) is 10.8. The van der Waals surface area contributed by atoms with Gasteiger partial charge in [-0.1, -0.05) is 30.3 Å². The lowest BCUT2D eigenvalue weighted by molar-refractivity contribution is 0.0773. The van der Waals surface area contributed by atoms with Gasteiger partial charge in [0.05, 0.1) is 0 Å². The zero-order valence-electron chi connectivity index (χ0n) is 17.3. The van der Waals surface area contributed by atoms with E-state index in [0.29, 0.717) is 23.1 Å². The van der Waals surface area contributed by atoms with E-state index >= 15 is 0 Å². The van der Waals surface area contributed by atoms with E-state index in [2.05, 4.69) is 29.2 Å². The van der Waals surface area contributed by atoms with Crippen molar-refractivity contribution in [3.63, 3.8) is 0 Å². The summed E-state index contributed by atoms with van der Waals surface area (Å²) in [6.45, 7) is 3.53. The Morgan fingerprint density at radius 3 is 2.55 bits per heavy atom. The fourth-order valence-electron chi connectivity index (χ4n) is 4.57. The predicted molar refractivity (Wildman–Crippen MR) is 118 cm³/mol. The molecule has 0 bridgehead atoms. The second-order valence-corrected chi connectivity index (χ2v) is 8.27. The molecule has 2 heterocycles. The van der Waals surface area contributed by atoms with Gasteiger partial charge in [-0.2, -0.15) is 0 Å². The van der Waals surface area contributed by atoms with Crippen LogP contribution in [0.5, 0.6) is 11.5 Å². The third-order valence-corrected chi connectivity index (χ3v) is 6.26. The number of benzene rings is 3. The molecule has 1 atom stereocenters. The van der Waals surface area contributed by atoms with Gasteiger partial charge in [-0.15, -0.1) is 0 Å². The van der Waals surface area contributed by atoms with Crippen LogP contribution in [-0.2, 0) is 13.0 Å². The monoisotopic (exact) mass is 416 g/mol. The fraction of sp³-hybridized carbons (Fsp3) is 0.269. The number of rotatable bonds is 4. The fourth-order valence-corrected chi connectivity index (χ4v) is 4.57. The second-order valence-electron chi connectivity index (χ2n) is 8.27. The van der Waals surface area contributed by atoms with Crippen molar-refractivity contribution in [1.29, 1.82) is 0 Å². The Labute approximate surface area is 181 Å². The van der Waals surface area contributed by atoms with E-state index < -0.39 is 0 Å². The van der Waals surface area contributed by atoms with Crippen LogP contribution in [0.4, 0.5) is 4.39 Å². The van der Waals surface area contributed by atoms with Crippen molar-refractivity contribution in [2.75, 3.05) is 19.6 Å². The number of likely N-dealkylation sites (tertiary alicyclic amines) is 1.